The highest BCUT2D eigenvalue weighted by Crippen LogP contribution is 2.07. The average molecular weight is 309 g/mol. The van der Waals surface area contributed by atoms with Crippen LogP contribution < -0.4 is 10.6 Å². The number of amides is 2. The number of nitrogens with zero attached hydrogens (tertiary/aromatic N) is 1. The van der Waals surface area contributed by atoms with E-state index in [1.807, 2.05) is 0 Å². The minimum Gasteiger partial charge on any atom is -0.444 e. The van der Waals surface area contributed by atoms with Crippen LogP contribution in [-0.4, -0.2) is 40.3 Å². The van der Waals surface area contributed by atoms with E-state index in [1.54, 1.807) is 39.8 Å². The van der Waals surface area contributed by atoms with Crippen molar-refractivity contribution >= 4 is 12.0 Å². The van der Waals surface area contributed by atoms with Crippen LogP contribution in [0.3, 0.4) is 0 Å². The van der Waals surface area contributed by atoms with Crippen molar-refractivity contribution < 1.29 is 19.4 Å². The number of hydrogen-bond acceptors (Lipinski definition) is 5. The molecule has 0 aliphatic rings. The number of hydrogen-bond donors (Lipinski definition) is 3. The standard InChI is InChI=1S/C15H23N3O4/c1-10(19)8-17-13(20)12-7-11(5-6-16-12)9-18-14(21)22-15(2,3)4/h5-7,10,19H,8-9H2,1-4H3,(H,17,20)(H,18,21). The van der Waals surface area contributed by atoms with E-state index in [2.05, 4.69) is 15.6 Å². The Kier molecular flexibility index (Phi) is 6.30. The SMILES string of the molecule is CC(O)CNC(=O)c1cc(CNC(=O)OC(C)(C)C)ccn1. The zero-order chi connectivity index (χ0) is 16.8. The molecule has 1 atom stereocenters. The van der Waals surface area contributed by atoms with E-state index in [9.17, 15) is 9.59 Å². The van der Waals surface area contributed by atoms with Crippen LogP contribution in [-0.2, 0) is 11.3 Å². The lowest BCUT2D eigenvalue weighted by Gasteiger charge is -2.19. The lowest BCUT2D eigenvalue weighted by atomic mass is 10.2. The second-order valence-electron chi connectivity index (χ2n) is 5.96. The fourth-order valence-corrected chi connectivity index (χ4v) is 1.53. The molecule has 22 heavy (non-hydrogen) atoms. The summed E-state index contributed by atoms with van der Waals surface area (Å²) in [4.78, 5) is 27.4. The normalized spacial score (nSPS) is 12.4. The van der Waals surface area contributed by atoms with Crippen LogP contribution in [0.2, 0.25) is 0 Å². The molecule has 0 saturated carbocycles. The van der Waals surface area contributed by atoms with E-state index in [-0.39, 0.29) is 24.7 Å². The molecular weight excluding hydrogens is 286 g/mol. The molecule has 1 rings (SSSR count). The lowest BCUT2D eigenvalue weighted by molar-refractivity contribution is 0.0523. The van der Waals surface area contributed by atoms with Gasteiger partial charge in [-0.3, -0.25) is 9.78 Å². The minimum absolute atomic E-state index is 0.154. The molecule has 0 radical (unpaired) electrons. The van der Waals surface area contributed by atoms with Crippen LogP contribution in [0, 0.1) is 0 Å². The van der Waals surface area contributed by atoms with Crippen molar-refractivity contribution in [1.82, 2.24) is 15.6 Å². The summed E-state index contributed by atoms with van der Waals surface area (Å²) in [5.74, 6) is -0.375. The van der Waals surface area contributed by atoms with Gasteiger partial charge in [0.15, 0.2) is 0 Å². The fourth-order valence-electron chi connectivity index (χ4n) is 1.53. The van der Waals surface area contributed by atoms with Crippen LogP contribution in [0.25, 0.3) is 0 Å². The molecule has 1 unspecified atom stereocenters. The molecule has 122 valence electrons. The van der Waals surface area contributed by atoms with Gasteiger partial charge in [0.25, 0.3) is 5.91 Å². The highest BCUT2D eigenvalue weighted by Gasteiger charge is 2.16. The molecule has 1 heterocycles. The van der Waals surface area contributed by atoms with Crippen molar-refractivity contribution in [3.8, 4) is 0 Å². The van der Waals surface area contributed by atoms with Gasteiger partial charge in [0.2, 0.25) is 0 Å². The molecule has 0 bridgehead atoms. The summed E-state index contributed by atoms with van der Waals surface area (Å²) in [5, 5.41) is 14.3. The molecule has 7 nitrogen and oxygen atoms in total. The smallest absolute Gasteiger partial charge is 0.407 e. The number of aliphatic hydroxyl groups is 1. The van der Waals surface area contributed by atoms with Crippen LogP contribution in [0.5, 0.6) is 0 Å². The Labute approximate surface area is 130 Å². The number of alkyl carbamates (subject to hydrolysis) is 1. The Morgan fingerprint density at radius 3 is 2.64 bits per heavy atom. The molecule has 0 spiro atoms. The van der Waals surface area contributed by atoms with Crippen molar-refractivity contribution in [2.24, 2.45) is 0 Å². The molecule has 0 fully saturated rings. The topological polar surface area (TPSA) is 101 Å². The number of carbonyl (C=O) groups excluding carboxylic acids is 2. The summed E-state index contributed by atoms with van der Waals surface area (Å²) < 4.78 is 5.13. The van der Waals surface area contributed by atoms with E-state index in [4.69, 9.17) is 9.84 Å². The molecule has 1 aromatic rings. The van der Waals surface area contributed by atoms with E-state index < -0.39 is 17.8 Å². The van der Waals surface area contributed by atoms with Gasteiger partial charge < -0.3 is 20.5 Å². The Hall–Kier alpha value is -2.15. The minimum atomic E-state index is -0.624. The van der Waals surface area contributed by atoms with Gasteiger partial charge in [0.1, 0.15) is 11.3 Å². The number of pyridine rings is 1. The van der Waals surface area contributed by atoms with E-state index in [1.165, 1.54) is 6.20 Å². The van der Waals surface area contributed by atoms with Crippen LogP contribution >= 0.6 is 0 Å². The Morgan fingerprint density at radius 1 is 1.36 bits per heavy atom. The van der Waals surface area contributed by atoms with Gasteiger partial charge in [-0.15, -0.1) is 0 Å². The van der Waals surface area contributed by atoms with Crippen molar-refractivity contribution in [2.75, 3.05) is 6.54 Å². The highest BCUT2D eigenvalue weighted by atomic mass is 16.6. The predicted molar refractivity (Wildman–Crippen MR) is 81.3 cm³/mol. The third kappa shape index (κ3) is 7.03. The zero-order valence-electron chi connectivity index (χ0n) is 13.3. The van der Waals surface area contributed by atoms with Crippen molar-refractivity contribution in [3.05, 3.63) is 29.6 Å². The lowest BCUT2D eigenvalue weighted by Crippen LogP contribution is -2.32. The van der Waals surface area contributed by atoms with Gasteiger partial charge in [0, 0.05) is 19.3 Å². The summed E-state index contributed by atoms with van der Waals surface area (Å²) in [6, 6.07) is 3.28. The molecule has 3 N–H and O–H groups in total. The zero-order valence-corrected chi connectivity index (χ0v) is 13.3. The highest BCUT2D eigenvalue weighted by molar-refractivity contribution is 5.92. The van der Waals surface area contributed by atoms with Gasteiger partial charge in [-0.25, -0.2) is 4.79 Å². The van der Waals surface area contributed by atoms with E-state index >= 15 is 0 Å². The number of ether oxygens (including phenoxy) is 1. The van der Waals surface area contributed by atoms with E-state index in [0.29, 0.717) is 0 Å². The van der Waals surface area contributed by atoms with Crippen LogP contribution in [0.4, 0.5) is 4.79 Å². The van der Waals surface area contributed by atoms with Gasteiger partial charge in [0.05, 0.1) is 6.10 Å². The Balaban J connectivity index is 2.57. The van der Waals surface area contributed by atoms with E-state index in [0.717, 1.165) is 5.56 Å². The third-order valence-corrected chi connectivity index (χ3v) is 2.45. The predicted octanol–water partition coefficient (Wildman–Crippen LogP) is 1.22. The molecule has 0 saturated heterocycles. The number of aromatic nitrogens is 1. The van der Waals surface area contributed by atoms with Crippen molar-refractivity contribution in [3.63, 3.8) is 0 Å². The maximum atomic E-state index is 11.8. The molecule has 0 aliphatic carbocycles. The van der Waals surface area contributed by atoms with Crippen molar-refractivity contribution in [2.45, 2.75) is 45.9 Å². The monoisotopic (exact) mass is 309 g/mol. The average Bonchev–Trinajstić information content (AvgIpc) is 2.41. The number of aliphatic hydroxyl groups excluding tert-OH is 1. The fraction of sp³-hybridized carbons (Fsp3) is 0.533. The summed E-state index contributed by atoms with van der Waals surface area (Å²) in [6.07, 6.45) is 0.342. The molecule has 2 amide bonds. The second-order valence-corrected chi connectivity index (χ2v) is 5.96. The number of rotatable bonds is 5. The van der Waals surface area contributed by atoms with Gasteiger partial charge in [-0.05, 0) is 45.4 Å². The van der Waals surface area contributed by atoms with Gasteiger partial charge in [-0.1, -0.05) is 0 Å². The molecule has 0 aliphatic heterocycles. The first-order valence-corrected chi connectivity index (χ1v) is 7.05. The first-order valence-electron chi connectivity index (χ1n) is 7.05. The number of carbonyl (C=O) groups is 2. The summed E-state index contributed by atoms with van der Waals surface area (Å²) in [5.41, 5.74) is 0.390. The molecular formula is C15H23N3O4. The first kappa shape index (κ1) is 17.9. The summed E-state index contributed by atoms with van der Waals surface area (Å²) in [7, 11) is 0. The molecule has 1 aromatic heterocycles. The first-order chi connectivity index (χ1) is 10.2. The summed E-state index contributed by atoms with van der Waals surface area (Å²) >= 11 is 0. The van der Waals surface area contributed by atoms with Crippen LogP contribution in [0.1, 0.15) is 43.7 Å². The molecule has 7 heteroatoms. The quantitative estimate of drug-likeness (QED) is 0.759. The maximum absolute atomic E-state index is 11.8. The molecule has 0 aromatic carbocycles. The van der Waals surface area contributed by atoms with Gasteiger partial charge >= 0.3 is 6.09 Å². The third-order valence-electron chi connectivity index (χ3n) is 2.45. The van der Waals surface area contributed by atoms with Gasteiger partial charge in [-0.2, -0.15) is 0 Å². The second kappa shape index (κ2) is 7.74. The largest absolute Gasteiger partial charge is 0.444 e. The van der Waals surface area contributed by atoms with Crippen molar-refractivity contribution in [1.29, 1.82) is 0 Å². The Bertz CT molecular complexity index is 524. The maximum Gasteiger partial charge on any atom is 0.407 e. The Morgan fingerprint density at radius 2 is 2.05 bits per heavy atom. The summed E-state index contributed by atoms with van der Waals surface area (Å²) in [6.45, 7) is 7.31. The van der Waals surface area contributed by atoms with Crippen LogP contribution in [0.15, 0.2) is 18.3 Å². The number of nitrogens with one attached hydrogen (secondary N) is 2.